The normalized spacial score (nSPS) is 18.8. The van der Waals surface area contributed by atoms with Crippen LogP contribution >= 0.6 is 0 Å². The molecule has 3 nitrogen and oxygen atoms in total. The van der Waals surface area contributed by atoms with Crippen molar-refractivity contribution in [2.75, 3.05) is 0 Å². The van der Waals surface area contributed by atoms with E-state index in [0.717, 1.165) is 37.0 Å². The van der Waals surface area contributed by atoms with Crippen LogP contribution in [0.15, 0.2) is 48.8 Å². The predicted octanol–water partition coefficient (Wildman–Crippen LogP) is 4.64. The predicted molar refractivity (Wildman–Crippen MR) is 100 cm³/mol. The molecular formula is C20H27O3Si. The highest BCUT2D eigenvalue weighted by molar-refractivity contribution is 6.98. The number of rotatable bonds is 7. The largest absolute Gasteiger partial charge is 0.373 e. The summed E-state index contributed by atoms with van der Waals surface area (Å²) in [7, 11) is -1.85. The Morgan fingerprint density at radius 2 is 1.92 bits per heavy atom. The summed E-state index contributed by atoms with van der Waals surface area (Å²) in [6.07, 6.45) is 6.25. The van der Waals surface area contributed by atoms with Gasteiger partial charge >= 0.3 is 5.97 Å². The van der Waals surface area contributed by atoms with Crippen molar-refractivity contribution in [2.45, 2.75) is 45.6 Å². The molecule has 1 atom stereocenters. The summed E-state index contributed by atoms with van der Waals surface area (Å²) < 4.78 is 0. The Morgan fingerprint density at radius 1 is 1.25 bits per heavy atom. The van der Waals surface area contributed by atoms with Crippen molar-refractivity contribution in [3.8, 4) is 0 Å². The van der Waals surface area contributed by atoms with Crippen LogP contribution in [-0.4, -0.2) is 14.0 Å². The molecule has 1 aliphatic carbocycles. The molecule has 0 N–H and O–H groups in total. The molecule has 24 heavy (non-hydrogen) atoms. The van der Waals surface area contributed by atoms with Gasteiger partial charge in [-0.1, -0.05) is 61.5 Å². The molecule has 129 valence electrons. The zero-order chi connectivity index (χ0) is 17.6. The smallest absolute Gasteiger partial charge is 0.292 e. The van der Waals surface area contributed by atoms with Gasteiger partial charge in [0.2, 0.25) is 0 Å². The van der Waals surface area contributed by atoms with Gasteiger partial charge in [-0.15, -0.1) is 13.2 Å². The molecule has 0 spiro atoms. The first-order valence-corrected chi connectivity index (χ1v) is 11.3. The highest BCUT2D eigenvalue weighted by Gasteiger charge is 2.28. The van der Waals surface area contributed by atoms with Gasteiger partial charge in [-0.2, -0.15) is 4.89 Å². The van der Waals surface area contributed by atoms with E-state index in [1.54, 1.807) is 12.1 Å². The lowest BCUT2D eigenvalue weighted by Gasteiger charge is -2.27. The molecule has 0 aromatic heterocycles. The van der Waals surface area contributed by atoms with Crippen LogP contribution in [0, 0.1) is 12.0 Å². The van der Waals surface area contributed by atoms with E-state index in [0.29, 0.717) is 11.5 Å². The van der Waals surface area contributed by atoms with E-state index in [1.165, 1.54) is 6.42 Å². The summed E-state index contributed by atoms with van der Waals surface area (Å²) in [6, 6.07) is 7.47. The van der Waals surface area contributed by atoms with Crippen LogP contribution in [0.5, 0.6) is 0 Å². The van der Waals surface area contributed by atoms with Crippen LogP contribution in [-0.2, 0) is 9.78 Å². The van der Waals surface area contributed by atoms with Gasteiger partial charge in [0, 0.05) is 0 Å². The average Bonchev–Trinajstić information content (AvgIpc) is 2.65. The maximum Gasteiger partial charge on any atom is 0.373 e. The van der Waals surface area contributed by atoms with Crippen LogP contribution < -0.4 is 5.19 Å². The summed E-state index contributed by atoms with van der Waals surface area (Å²) in [6.45, 7) is 12.1. The van der Waals surface area contributed by atoms with Crippen LogP contribution in [0.1, 0.15) is 49.4 Å². The summed E-state index contributed by atoms with van der Waals surface area (Å²) in [4.78, 5) is 22.7. The molecule has 4 heteroatoms. The van der Waals surface area contributed by atoms with E-state index < -0.39 is 14.0 Å². The van der Waals surface area contributed by atoms with E-state index >= 15 is 0 Å². The van der Waals surface area contributed by atoms with E-state index in [2.05, 4.69) is 26.6 Å². The molecule has 1 aromatic rings. The van der Waals surface area contributed by atoms with E-state index in [9.17, 15) is 4.79 Å². The van der Waals surface area contributed by atoms with E-state index in [-0.39, 0.29) is 0 Å². The average molecular weight is 344 g/mol. The fraction of sp³-hybridized carbons (Fsp3) is 0.400. The van der Waals surface area contributed by atoms with Gasteiger partial charge in [-0.3, -0.25) is 4.89 Å². The van der Waals surface area contributed by atoms with Crippen LogP contribution in [0.4, 0.5) is 0 Å². The van der Waals surface area contributed by atoms with Crippen LogP contribution in [0.3, 0.4) is 0 Å². The molecule has 1 fully saturated rings. The van der Waals surface area contributed by atoms with Gasteiger partial charge in [0.05, 0.1) is 5.56 Å². The topological polar surface area (TPSA) is 35.5 Å². The lowest BCUT2D eigenvalue weighted by Crippen LogP contribution is -2.40. The van der Waals surface area contributed by atoms with E-state index in [4.69, 9.17) is 9.78 Å². The first-order valence-electron chi connectivity index (χ1n) is 8.66. The molecular weight excluding hydrogens is 316 g/mol. The Balaban J connectivity index is 1.97. The number of benzene rings is 1. The molecule has 1 aromatic carbocycles. The van der Waals surface area contributed by atoms with Crippen molar-refractivity contribution in [1.82, 2.24) is 0 Å². The second-order valence-electron chi connectivity index (χ2n) is 6.54. The van der Waals surface area contributed by atoms with E-state index in [1.807, 2.05) is 23.5 Å². The van der Waals surface area contributed by atoms with Crippen molar-refractivity contribution in [2.24, 2.45) is 5.92 Å². The number of carbonyl (C=O) groups excluding carboxylic acids is 1. The minimum absolute atomic E-state index is 0.404. The third-order valence-electron chi connectivity index (χ3n) is 4.99. The molecule has 1 saturated carbocycles. The minimum Gasteiger partial charge on any atom is -0.292 e. The van der Waals surface area contributed by atoms with Crippen LogP contribution in [0.2, 0.25) is 6.55 Å². The zero-order valence-electron chi connectivity index (χ0n) is 14.7. The maximum atomic E-state index is 12.2. The molecule has 1 radical (unpaired) electrons. The number of carbonyl (C=O) groups is 1. The minimum atomic E-state index is -1.85. The first-order chi connectivity index (χ1) is 11.5. The first kappa shape index (κ1) is 18.7. The van der Waals surface area contributed by atoms with Gasteiger partial charge in [0.1, 0.15) is 8.07 Å². The molecule has 1 unspecified atom stereocenters. The lowest BCUT2D eigenvalue weighted by atomic mass is 9.85. The van der Waals surface area contributed by atoms with Crippen LogP contribution in [0.25, 0.3) is 0 Å². The van der Waals surface area contributed by atoms with Crippen molar-refractivity contribution in [3.05, 3.63) is 60.5 Å². The molecule has 0 bridgehead atoms. The quantitative estimate of drug-likeness (QED) is 0.411. The van der Waals surface area contributed by atoms with Gasteiger partial charge < -0.3 is 0 Å². The Labute approximate surface area is 146 Å². The molecule has 0 amide bonds. The second-order valence-corrected chi connectivity index (χ2v) is 10.5. The highest BCUT2D eigenvalue weighted by Crippen LogP contribution is 2.34. The molecule has 1 aliphatic rings. The third-order valence-corrected chi connectivity index (χ3v) is 8.26. The van der Waals surface area contributed by atoms with Crippen molar-refractivity contribution in [3.63, 3.8) is 0 Å². The Kier molecular flexibility index (Phi) is 6.57. The van der Waals surface area contributed by atoms with Crippen molar-refractivity contribution >= 4 is 19.2 Å². The Morgan fingerprint density at radius 3 is 2.50 bits per heavy atom. The lowest BCUT2D eigenvalue weighted by molar-refractivity contribution is -0.247. The summed E-state index contributed by atoms with van der Waals surface area (Å²) in [5, 5.41) is 1.16. The van der Waals surface area contributed by atoms with Gasteiger partial charge in [-0.05, 0) is 30.9 Å². The SMILES string of the molecule is C=C[Si](C)(C=C)c1ccc(C(=O)OO[C]2CCCCC2CC)cc1. The standard InChI is InChI=1S/C20H27O3Si/c1-5-16-10-8-9-11-19(16)22-23-20(21)17-12-14-18(15-13-17)24(4,6-2)7-3/h6-7,12-16H,2-3,5,8-11H2,1,4H3. The zero-order valence-corrected chi connectivity index (χ0v) is 15.7. The van der Waals surface area contributed by atoms with Gasteiger partial charge in [-0.25, -0.2) is 4.79 Å². The van der Waals surface area contributed by atoms with Crippen molar-refractivity contribution in [1.29, 1.82) is 0 Å². The monoisotopic (exact) mass is 343 g/mol. The van der Waals surface area contributed by atoms with Gasteiger partial charge in [0.15, 0.2) is 6.10 Å². The van der Waals surface area contributed by atoms with Gasteiger partial charge in [0.25, 0.3) is 0 Å². The molecule has 0 heterocycles. The number of hydrogen-bond donors (Lipinski definition) is 0. The summed E-state index contributed by atoms with van der Waals surface area (Å²) >= 11 is 0. The third kappa shape index (κ3) is 4.25. The fourth-order valence-electron chi connectivity index (χ4n) is 3.02. The Hall–Kier alpha value is -1.65. The van der Waals surface area contributed by atoms with Crippen molar-refractivity contribution < 1.29 is 14.6 Å². The Bertz CT molecular complexity index is 571. The second kappa shape index (κ2) is 8.45. The molecule has 0 aliphatic heterocycles. The molecule has 0 saturated heterocycles. The fourth-order valence-corrected chi connectivity index (χ4v) is 4.54. The number of hydrogen-bond acceptors (Lipinski definition) is 3. The highest BCUT2D eigenvalue weighted by atomic mass is 28.3. The maximum absolute atomic E-state index is 12.2. The summed E-state index contributed by atoms with van der Waals surface area (Å²) in [5.74, 6) is -0.0455. The summed E-state index contributed by atoms with van der Waals surface area (Å²) in [5.41, 5.74) is 4.44. The molecule has 2 rings (SSSR count).